The quantitative estimate of drug-likeness (QED) is 0.607. The van der Waals surface area contributed by atoms with Crippen molar-refractivity contribution in [2.24, 2.45) is 10.7 Å². The van der Waals surface area contributed by atoms with Crippen molar-refractivity contribution in [1.29, 1.82) is 0 Å². The molecule has 1 atom stereocenters. The summed E-state index contributed by atoms with van der Waals surface area (Å²) in [6, 6.07) is 6.74. The van der Waals surface area contributed by atoms with E-state index in [4.69, 9.17) is 10.5 Å². The van der Waals surface area contributed by atoms with Crippen molar-refractivity contribution in [3.05, 3.63) is 34.9 Å². The smallest absolute Gasteiger partial charge is 0.188 e. The van der Waals surface area contributed by atoms with Gasteiger partial charge in [-0.1, -0.05) is 29.3 Å². The van der Waals surface area contributed by atoms with Crippen molar-refractivity contribution in [3.8, 4) is 0 Å². The molecule has 1 rings (SSSR count). The van der Waals surface area contributed by atoms with E-state index in [-0.39, 0.29) is 6.04 Å². The van der Waals surface area contributed by atoms with Crippen LogP contribution >= 0.6 is 0 Å². The van der Waals surface area contributed by atoms with Crippen LogP contribution in [-0.4, -0.2) is 32.3 Å². The molecule has 0 aliphatic carbocycles. The molecular formula is C15H25N3O. The molecule has 3 N–H and O–H groups in total. The number of guanidine groups is 1. The largest absolute Gasteiger partial charge is 0.383 e. The van der Waals surface area contributed by atoms with Crippen molar-refractivity contribution in [2.45, 2.75) is 33.2 Å². The van der Waals surface area contributed by atoms with E-state index >= 15 is 0 Å². The highest BCUT2D eigenvalue weighted by molar-refractivity contribution is 5.78. The maximum atomic E-state index is 5.81. The first kappa shape index (κ1) is 15.5. The predicted molar refractivity (Wildman–Crippen MR) is 80.6 cm³/mol. The van der Waals surface area contributed by atoms with E-state index in [1.807, 2.05) is 6.92 Å². The number of aryl methyl sites for hydroxylation is 2. The second-order valence-electron chi connectivity index (χ2n) is 5.01. The maximum absolute atomic E-state index is 5.81. The molecule has 106 valence electrons. The van der Waals surface area contributed by atoms with E-state index in [0.717, 1.165) is 6.42 Å². The minimum absolute atomic E-state index is 0.176. The van der Waals surface area contributed by atoms with Crippen LogP contribution in [0.2, 0.25) is 0 Å². The van der Waals surface area contributed by atoms with E-state index in [9.17, 15) is 0 Å². The van der Waals surface area contributed by atoms with Gasteiger partial charge in [0, 0.05) is 19.7 Å². The number of methoxy groups -OCH3 is 1. The molecule has 0 heterocycles. The van der Waals surface area contributed by atoms with E-state index in [0.29, 0.717) is 19.1 Å². The van der Waals surface area contributed by atoms with Crippen LogP contribution in [0, 0.1) is 13.8 Å². The first-order valence-corrected chi connectivity index (χ1v) is 6.64. The number of nitrogens with one attached hydrogen (secondary N) is 1. The van der Waals surface area contributed by atoms with Crippen molar-refractivity contribution in [3.63, 3.8) is 0 Å². The number of rotatable bonds is 6. The number of ether oxygens (including phenoxy) is 1. The van der Waals surface area contributed by atoms with E-state index in [2.05, 4.69) is 42.4 Å². The van der Waals surface area contributed by atoms with Gasteiger partial charge in [-0.2, -0.15) is 0 Å². The molecule has 4 heteroatoms. The Hall–Kier alpha value is -1.55. The fourth-order valence-electron chi connectivity index (χ4n) is 2.11. The molecule has 0 saturated carbocycles. The predicted octanol–water partition coefficient (Wildman–Crippen LogP) is 1.79. The monoisotopic (exact) mass is 263 g/mol. The topological polar surface area (TPSA) is 59.6 Å². The Labute approximate surface area is 116 Å². The summed E-state index contributed by atoms with van der Waals surface area (Å²) >= 11 is 0. The molecule has 0 fully saturated rings. The van der Waals surface area contributed by atoms with Crippen molar-refractivity contribution >= 4 is 5.96 Å². The van der Waals surface area contributed by atoms with Crippen molar-refractivity contribution in [2.75, 3.05) is 20.3 Å². The SMILES string of the molecule is COCC(C)NC(N)=NCCc1cc(C)cc(C)c1. The van der Waals surface area contributed by atoms with E-state index < -0.39 is 0 Å². The third kappa shape index (κ3) is 6.25. The molecule has 0 bridgehead atoms. The van der Waals surface area contributed by atoms with Gasteiger partial charge < -0.3 is 15.8 Å². The van der Waals surface area contributed by atoms with Gasteiger partial charge in [-0.25, -0.2) is 0 Å². The molecule has 0 aliphatic rings. The minimum Gasteiger partial charge on any atom is -0.383 e. The van der Waals surface area contributed by atoms with Crippen LogP contribution in [0.1, 0.15) is 23.6 Å². The number of nitrogens with two attached hydrogens (primary N) is 1. The average Bonchev–Trinajstić information content (AvgIpc) is 2.27. The lowest BCUT2D eigenvalue weighted by Crippen LogP contribution is -2.40. The first-order valence-electron chi connectivity index (χ1n) is 6.64. The summed E-state index contributed by atoms with van der Waals surface area (Å²) < 4.78 is 5.03. The molecule has 4 nitrogen and oxygen atoms in total. The molecule has 0 amide bonds. The number of nitrogens with zero attached hydrogens (tertiary/aromatic N) is 1. The van der Waals surface area contributed by atoms with Crippen LogP contribution in [-0.2, 0) is 11.2 Å². The number of aliphatic imine (C=N–C) groups is 1. The number of hydrogen-bond donors (Lipinski definition) is 2. The summed E-state index contributed by atoms with van der Waals surface area (Å²) in [5.41, 5.74) is 9.70. The zero-order valence-corrected chi connectivity index (χ0v) is 12.4. The Kier molecular flexibility index (Phi) is 6.36. The number of benzene rings is 1. The summed E-state index contributed by atoms with van der Waals surface area (Å²) in [6.07, 6.45) is 0.906. The van der Waals surface area contributed by atoms with Crippen LogP contribution < -0.4 is 11.1 Å². The van der Waals surface area contributed by atoms with Crippen LogP contribution in [0.4, 0.5) is 0 Å². The highest BCUT2D eigenvalue weighted by Gasteiger charge is 2.01. The van der Waals surface area contributed by atoms with Gasteiger partial charge in [-0.3, -0.25) is 4.99 Å². The molecule has 1 aromatic rings. The molecule has 0 spiro atoms. The van der Waals surface area contributed by atoms with Gasteiger partial charge in [0.25, 0.3) is 0 Å². The Balaban J connectivity index is 2.43. The lowest BCUT2D eigenvalue weighted by atomic mass is 10.1. The Morgan fingerprint density at radius 1 is 1.32 bits per heavy atom. The average molecular weight is 263 g/mol. The summed E-state index contributed by atoms with van der Waals surface area (Å²) in [5, 5.41) is 3.09. The summed E-state index contributed by atoms with van der Waals surface area (Å²) in [4.78, 5) is 4.33. The Morgan fingerprint density at radius 3 is 2.53 bits per heavy atom. The van der Waals surface area contributed by atoms with Gasteiger partial charge in [-0.15, -0.1) is 0 Å². The normalized spacial score (nSPS) is 13.4. The zero-order valence-electron chi connectivity index (χ0n) is 12.4. The van der Waals surface area contributed by atoms with Gasteiger partial charge in [0.05, 0.1) is 6.61 Å². The number of hydrogen-bond acceptors (Lipinski definition) is 2. The highest BCUT2D eigenvalue weighted by Crippen LogP contribution is 2.09. The van der Waals surface area contributed by atoms with Crippen molar-refractivity contribution in [1.82, 2.24) is 5.32 Å². The van der Waals surface area contributed by atoms with E-state index in [1.165, 1.54) is 16.7 Å². The van der Waals surface area contributed by atoms with Gasteiger partial charge >= 0.3 is 0 Å². The van der Waals surface area contributed by atoms with E-state index in [1.54, 1.807) is 7.11 Å². The van der Waals surface area contributed by atoms with Gasteiger partial charge in [0.1, 0.15) is 0 Å². The van der Waals surface area contributed by atoms with Crippen LogP contribution in [0.5, 0.6) is 0 Å². The zero-order chi connectivity index (χ0) is 14.3. The van der Waals surface area contributed by atoms with Gasteiger partial charge in [0.15, 0.2) is 5.96 Å². The molecule has 1 unspecified atom stereocenters. The molecule has 19 heavy (non-hydrogen) atoms. The summed E-state index contributed by atoms with van der Waals surface area (Å²) in [6.45, 7) is 7.55. The maximum Gasteiger partial charge on any atom is 0.188 e. The fraction of sp³-hybridized carbons (Fsp3) is 0.533. The molecule has 0 saturated heterocycles. The first-order chi connectivity index (χ1) is 9.01. The van der Waals surface area contributed by atoms with Crippen LogP contribution in [0.3, 0.4) is 0 Å². The lowest BCUT2D eigenvalue weighted by molar-refractivity contribution is 0.179. The Bertz CT molecular complexity index is 409. The second-order valence-corrected chi connectivity index (χ2v) is 5.01. The molecular weight excluding hydrogens is 238 g/mol. The second kappa shape index (κ2) is 7.79. The standard InChI is InChI=1S/C15H25N3O/c1-11-7-12(2)9-14(8-11)5-6-17-15(16)18-13(3)10-19-4/h7-9,13H,5-6,10H2,1-4H3,(H3,16,17,18). The van der Waals surface area contributed by atoms with Gasteiger partial charge in [-0.05, 0) is 32.8 Å². The minimum atomic E-state index is 0.176. The summed E-state index contributed by atoms with van der Waals surface area (Å²) in [5.74, 6) is 0.480. The molecule has 0 radical (unpaired) electrons. The van der Waals surface area contributed by atoms with Crippen molar-refractivity contribution < 1.29 is 4.74 Å². The molecule has 0 aromatic heterocycles. The molecule has 0 aliphatic heterocycles. The molecule has 1 aromatic carbocycles. The van der Waals surface area contributed by atoms with Crippen LogP contribution in [0.15, 0.2) is 23.2 Å². The third-order valence-corrected chi connectivity index (χ3v) is 2.78. The van der Waals surface area contributed by atoms with Gasteiger partial charge in [0.2, 0.25) is 0 Å². The lowest BCUT2D eigenvalue weighted by Gasteiger charge is -2.13. The fourth-order valence-corrected chi connectivity index (χ4v) is 2.11. The highest BCUT2D eigenvalue weighted by atomic mass is 16.5. The van der Waals surface area contributed by atoms with Crippen LogP contribution in [0.25, 0.3) is 0 Å². The third-order valence-electron chi connectivity index (χ3n) is 2.78. The Morgan fingerprint density at radius 2 is 1.95 bits per heavy atom. The summed E-state index contributed by atoms with van der Waals surface area (Å²) in [7, 11) is 1.67.